The Morgan fingerprint density at radius 2 is 2.12 bits per heavy atom. The highest BCUT2D eigenvalue weighted by Gasteiger charge is 2.24. The van der Waals surface area contributed by atoms with E-state index in [1.54, 1.807) is 0 Å². The molecular formula is C13H27N3O. The number of likely N-dealkylation sites (N-methyl/N-ethyl adjacent to an activating group) is 1. The van der Waals surface area contributed by atoms with Crippen molar-refractivity contribution in [2.45, 2.75) is 45.2 Å². The minimum absolute atomic E-state index is 0.0205. The first kappa shape index (κ1) is 14.5. The Balaban J connectivity index is 2.44. The zero-order valence-corrected chi connectivity index (χ0v) is 11.6. The molecule has 4 nitrogen and oxygen atoms in total. The zero-order valence-electron chi connectivity index (χ0n) is 11.6. The number of hydrogen-bond acceptors (Lipinski definition) is 3. The standard InChI is InChI=1S/C13H27N3O/c1-10(2)12(9-16(3)4)15-13(17)11-7-5-6-8-14-11/h10-12,14H,5-9H2,1-4H3,(H,15,17). The third-order valence-electron chi connectivity index (χ3n) is 3.32. The summed E-state index contributed by atoms with van der Waals surface area (Å²) in [6.07, 6.45) is 3.32. The molecule has 17 heavy (non-hydrogen) atoms. The van der Waals surface area contributed by atoms with Crippen molar-refractivity contribution in [2.75, 3.05) is 27.2 Å². The summed E-state index contributed by atoms with van der Waals surface area (Å²) in [6.45, 7) is 6.18. The van der Waals surface area contributed by atoms with Gasteiger partial charge in [0.15, 0.2) is 0 Å². The predicted molar refractivity (Wildman–Crippen MR) is 71.0 cm³/mol. The lowest BCUT2D eigenvalue weighted by molar-refractivity contribution is -0.124. The minimum Gasteiger partial charge on any atom is -0.350 e. The molecule has 1 saturated heterocycles. The molecule has 2 N–H and O–H groups in total. The molecule has 0 saturated carbocycles. The highest BCUT2D eigenvalue weighted by molar-refractivity contribution is 5.82. The number of piperidine rings is 1. The molecule has 100 valence electrons. The molecule has 0 radical (unpaired) electrons. The smallest absolute Gasteiger partial charge is 0.237 e. The van der Waals surface area contributed by atoms with Crippen molar-refractivity contribution >= 4 is 5.91 Å². The van der Waals surface area contributed by atoms with Gasteiger partial charge in [-0.05, 0) is 39.4 Å². The molecule has 1 heterocycles. The monoisotopic (exact) mass is 241 g/mol. The van der Waals surface area contributed by atoms with Gasteiger partial charge in [0.25, 0.3) is 0 Å². The summed E-state index contributed by atoms with van der Waals surface area (Å²) in [5.74, 6) is 0.634. The van der Waals surface area contributed by atoms with Crippen LogP contribution in [-0.2, 0) is 4.79 Å². The average Bonchev–Trinajstić information content (AvgIpc) is 2.28. The predicted octanol–water partition coefficient (Wildman–Crippen LogP) is 0.831. The molecule has 1 rings (SSSR count). The van der Waals surface area contributed by atoms with E-state index < -0.39 is 0 Å². The average molecular weight is 241 g/mol. The van der Waals surface area contributed by atoms with E-state index in [0.29, 0.717) is 5.92 Å². The van der Waals surface area contributed by atoms with E-state index in [1.807, 2.05) is 14.1 Å². The van der Waals surface area contributed by atoms with Gasteiger partial charge in [0.1, 0.15) is 0 Å². The van der Waals surface area contributed by atoms with Crippen molar-refractivity contribution < 1.29 is 4.79 Å². The molecule has 2 unspecified atom stereocenters. The van der Waals surface area contributed by atoms with Crippen molar-refractivity contribution in [3.05, 3.63) is 0 Å². The molecule has 0 aliphatic carbocycles. The molecule has 0 aromatic rings. The largest absolute Gasteiger partial charge is 0.350 e. The fourth-order valence-corrected chi connectivity index (χ4v) is 2.18. The quantitative estimate of drug-likeness (QED) is 0.749. The number of carbonyl (C=O) groups is 1. The molecule has 0 bridgehead atoms. The maximum absolute atomic E-state index is 12.1. The van der Waals surface area contributed by atoms with Gasteiger partial charge in [-0.1, -0.05) is 20.3 Å². The molecule has 0 aromatic heterocycles. The van der Waals surface area contributed by atoms with Crippen molar-refractivity contribution in [2.24, 2.45) is 5.92 Å². The summed E-state index contributed by atoms with van der Waals surface area (Å²) >= 11 is 0. The van der Waals surface area contributed by atoms with E-state index in [-0.39, 0.29) is 18.0 Å². The highest BCUT2D eigenvalue weighted by Crippen LogP contribution is 2.09. The topological polar surface area (TPSA) is 44.4 Å². The van der Waals surface area contributed by atoms with Crippen LogP contribution in [0.1, 0.15) is 33.1 Å². The molecule has 4 heteroatoms. The first-order valence-electron chi connectivity index (χ1n) is 6.69. The van der Waals surface area contributed by atoms with E-state index in [0.717, 1.165) is 25.9 Å². The lowest BCUT2D eigenvalue weighted by Crippen LogP contribution is -2.53. The van der Waals surface area contributed by atoms with Gasteiger partial charge in [0, 0.05) is 12.6 Å². The molecule has 0 spiro atoms. The second-order valence-corrected chi connectivity index (χ2v) is 5.62. The van der Waals surface area contributed by atoms with Crippen molar-refractivity contribution in [3.63, 3.8) is 0 Å². The third-order valence-corrected chi connectivity index (χ3v) is 3.32. The van der Waals surface area contributed by atoms with Crippen LogP contribution in [0.4, 0.5) is 0 Å². The third kappa shape index (κ3) is 5.04. The summed E-state index contributed by atoms with van der Waals surface area (Å²) in [6, 6.07) is 0.258. The van der Waals surface area contributed by atoms with E-state index in [9.17, 15) is 4.79 Å². The molecule has 1 aliphatic rings. The Morgan fingerprint density at radius 1 is 1.41 bits per heavy atom. The molecule has 1 amide bonds. The number of nitrogens with one attached hydrogen (secondary N) is 2. The number of amides is 1. The van der Waals surface area contributed by atoms with Crippen LogP contribution in [0.5, 0.6) is 0 Å². The van der Waals surface area contributed by atoms with Crippen LogP contribution in [0.2, 0.25) is 0 Å². The summed E-state index contributed by atoms with van der Waals surface area (Å²) in [4.78, 5) is 14.2. The van der Waals surface area contributed by atoms with Crippen LogP contribution in [0.25, 0.3) is 0 Å². The number of rotatable bonds is 5. The summed E-state index contributed by atoms with van der Waals surface area (Å²) in [5.41, 5.74) is 0. The number of carbonyl (C=O) groups excluding carboxylic acids is 1. The number of nitrogens with zero attached hydrogens (tertiary/aromatic N) is 1. The van der Waals surface area contributed by atoms with E-state index in [2.05, 4.69) is 29.4 Å². The molecule has 1 fully saturated rings. The van der Waals surface area contributed by atoms with Gasteiger partial charge in [0.05, 0.1) is 6.04 Å². The fraction of sp³-hybridized carbons (Fsp3) is 0.923. The Bertz CT molecular complexity index is 235. The van der Waals surface area contributed by atoms with Crippen LogP contribution < -0.4 is 10.6 Å². The lowest BCUT2D eigenvalue weighted by atomic mass is 10.0. The fourth-order valence-electron chi connectivity index (χ4n) is 2.18. The van der Waals surface area contributed by atoms with Crippen molar-refractivity contribution in [1.82, 2.24) is 15.5 Å². The van der Waals surface area contributed by atoms with Gasteiger partial charge in [-0.3, -0.25) is 4.79 Å². The molecule has 0 aromatic carbocycles. The van der Waals surface area contributed by atoms with Gasteiger partial charge in [-0.15, -0.1) is 0 Å². The SMILES string of the molecule is CC(C)C(CN(C)C)NC(=O)C1CCCCN1. The minimum atomic E-state index is 0.0205. The lowest BCUT2D eigenvalue weighted by Gasteiger charge is -2.29. The van der Waals surface area contributed by atoms with Gasteiger partial charge < -0.3 is 15.5 Å². The van der Waals surface area contributed by atoms with E-state index >= 15 is 0 Å². The summed E-state index contributed by atoms with van der Waals surface area (Å²) in [7, 11) is 4.08. The maximum atomic E-state index is 12.1. The first-order chi connectivity index (χ1) is 8.00. The second-order valence-electron chi connectivity index (χ2n) is 5.62. The Kier molecular flexibility index (Phi) is 5.92. The Morgan fingerprint density at radius 3 is 2.59 bits per heavy atom. The summed E-state index contributed by atoms with van der Waals surface area (Å²) in [5, 5.41) is 6.47. The first-order valence-corrected chi connectivity index (χ1v) is 6.69. The maximum Gasteiger partial charge on any atom is 0.237 e. The van der Waals surface area contributed by atoms with Gasteiger partial charge in [-0.25, -0.2) is 0 Å². The summed E-state index contributed by atoms with van der Waals surface area (Å²) < 4.78 is 0. The van der Waals surface area contributed by atoms with E-state index in [1.165, 1.54) is 6.42 Å². The highest BCUT2D eigenvalue weighted by atomic mass is 16.2. The Hall–Kier alpha value is -0.610. The van der Waals surface area contributed by atoms with Gasteiger partial charge >= 0.3 is 0 Å². The van der Waals surface area contributed by atoms with E-state index in [4.69, 9.17) is 0 Å². The van der Waals surface area contributed by atoms with Crippen LogP contribution >= 0.6 is 0 Å². The molecule has 2 atom stereocenters. The van der Waals surface area contributed by atoms with Crippen LogP contribution in [0.15, 0.2) is 0 Å². The van der Waals surface area contributed by atoms with Crippen molar-refractivity contribution in [1.29, 1.82) is 0 Å². The van der Waals surface area contributed by atoms with Gasteiger partial charge in [-0.2, -0.15) is 0 Å². The van der Waals surface area contributed by atoms with Gasteiger partial charge in [0.2, 0.25) is 5.91 Å². The normalized spacial score (nSPS) is 22.8. The molecule has 1 aliphatic heterocycles. The Labute approximate surface area is 105 Å². The second kappa shape index (κ2) is 6.97. The zero-order chi connectivity index (χ0) is 12.8. The molecular weight excluding hydrogens is 214 g/mol. The van der Waals surface area contributed by atoms with Crippen LogP contribution in [0.3, 0.4) is 0 Å². The van der Waals surface area contributed by atoms with Crippen LogP contribution in [0, 0.1) is 5.92 Å². The number of hydrogen-bond donors (Lipinski definition) is 2. The van der Waals surface area contributed by atoms with Crippen LogP contribution in [-0.4, -0.2) is 50.1 Å². The van der Waals surface area contributed by atoms with Crippen molar-refractivity contribution in [3.8, 4) is 0 Å².